The summed E-state index contributed by atoms with van der Waals surface area (Å²) in [6, 6.07) is 22.5. The number of hydrogen-bond donors (Lipinski definition) is 2. The maximum atomic E-state index is 5.86. The van der Waals surface area contributed by atoms with Gasteiger partial charge in [-0.1, -0.05) is 24.0 Å². The van der Waals surface area contributed by atoms with E-state index in [1.54, 1.807) is 28.4 Å². The van der Waals surface area contributed by atoms with E-state index in [1.807, 2.05) is 72.8 Å². The molecule has 0 atom stereocenters. The van der Waals surface area contributed by atoms with Crippen LogP contribution in [0.15, 0.2) is 85.5 Å². The minimum Gasteiger partial charge on any atom is -0.487 e. The van der Waals surface area contributed by atoms with Crippen LogP contribution in [0.5, 0.6) is 23.0 Å². The third-order valence-electron chi connectivity index (χ3n) is 8.17. The highest BCUT2D eigenvalue weighted by atomic mass is 16.6. The Kier molecular flexibility index (Phi) is 16.7. The molecule has 300 valence electrons. The van der Waals surface area contributed by atoms with Crippen LogP contribution in [0.25, 0.3) is 21.8 Å². The minimum atomic E-state index is 0.392. The van der Waals surface area contributed by atoms with Crippen LogP contribution in [0.2, 0.25) is 0 Å². The van der Waals surface area contributed by atoms with E-state index in [-0.39, 0.29) is 0 Å². The topological polar surface area (TPSA) is 149 Å². The van der Waals surface area contributed by atoms with Crippen LogP contribution in [-0.4, -0.2) is 101 Å². The zero-order chi connectivity index (χ0) is 41.0. The fourth-order valence-corrected chi connectivity index (χ4v) is 5.37. The number of aromatic nitrogens is 4. The Hall–Kier alpha value is -6.68. The number of rotatable bonds is 20. The lowest BCUT2D eigenvalue weighted by Crippen LogP contribution is -2.09. The Bertz CT molecular complexity index is 2160. The van der Waals surface area contributed by atoms with Crippen molar-refractivity contribution < 1.29 is 37.9 Å². The monoisotopic (exact) mass is 786 g/mol. The molecule has 0 saturated carbocycles. The SMILES string of the molecule is C#Cc1cccc(Nc2ncnc3cc(OCCOC)c(OCCOC)cc23)c1.C#Cc1cccc(Nc2ncnc3cc(OCCOC)c(OCCOC)cc23)c1. The molecule has 0 aliphatic carbocycles. The van der Waals surface area contributed by atoms with Crippen LogP contribution < -0.4 is 29.6 Å². The van der Waals surface area contributed by atoms with Gasteiger partial charge in [-0.05, 0) is 48.5 Å². The van der Waals surface area contributed by atoms with Gasteiger partial charge in [-0.25, -0.2) is 19.9 Å². The molecule has 2 N–H and O–H groups in total. The van der Waals surface area contributed by atoms with E-state index in [2.05, 4.69) is 42.4 Å². The molecule has 14 heteroatoms. The fraction of sp³-hybridized carbons (Fsp3) is 0.273. The third-order valence-corrected chi connectivity index (χ3v) is 8.17. The molecule has 0 aliphatic heterocycles. The molecule has 0 aliphatic rings. The highest BCUT2D eigenvalue weighted by Crippen LogP contribution is 2.36. The zero-order valence-corrected chi connectivity index (χ0v) is 32.9. The summed E-state index contributed by atoms with van der Waals surface area (Å²) >= 11 is 0. The van der Waals surface area contributed by atoms with Gasteiger partial charge < -0.3 is 48.5 Å². The van der Waals surface area contributed by atoms with E-state index in [0.717, 1.165) is 44.3 Å². The number of hydrogen-bond acceptors (Lipinski definition) is 14. The molecule has 0 radical (unpaired) electrons. The molecule has 4 aromatic carbocycles. The zero-order valence-electron chi connectivity index (χ0n) is 32.9. The molecule has 14 nitrogen and oxygen atoms in total. The van der Waals surface area contributed by atoms with Crippen molar-refractivity contribution in [2.45, 2.75) is 0 Å². The van der Waals surface area contributed by atoms with Crippen molar-refractivity contribution >= 4 is 44.8 Å². The maximum Gasteiger partial charge on any atom is 0.163 e. The lowest BCUT2D eigenvalue weighted by atomic mass is 10.2. The van der Waals surface area contributed by atoms with E-state index in [1.165, 1.54) is 12.7 Å². The van der Waals surface area contributed by atoms with Crippen LogP contribution >= 0.6 is 0 Å². The molecule has 0 saturated heterocycles. The second-order valence-corrected chi connectivity index (χ2v) is 12.1. The van der Waals surface area contributed by atoms with Crippen LogP contribution in [-0.2, 0) is 18.9 Å². The Morgan fingerprint density at radius 3 is 1.17 bits per heavy atom. The first-order valence-electron chi connectivity index (χ1n) is 18.2. The fourth-order valence-electron chi connectivity index (χ4n) is 5.37. The van der Waals surface area contributed by atoms with Crippen LogP contribution in [0.3, 0.4) is 0 Å². The third kappa shape index (κ3) is 12.2. The quantitative estimate of drug-likeness (QED) is 0.0616. The number of nitrogens with one attached hydrogen (secondary N) is 2. The van der Waals surface area contributed by atoms with Crippen molar-refractivity contribution in [3.8, 4) is 47.7 Å². The molecule has 0 fully saturated rings. The molecule has 2 aromatic heterocycles. The molecule has 6 rings (SSSR count). The van der Waals surface area contributed by atoms with Crippen molar-refractivity contribution in [1.82, 2.24) is 19.9 Å². The summed E-state index contributed by atoms with van der Waals surface area (Å²) in [6.45, 7) is 3.45. The number of methoxy groups -OCH3 is 4. The minimum absolute atomic E-state index is 0.392. The second-order valence-electron chi connectivity index (χ2n) is 12.1. The Balaban J connectivity index is 0.000000221. The van der Waals surface area contributed by atoms with E-state index >= 15 is 0 Å². The van der Waals surface area contributed by atoms with Gasteiger partial charge in [0.05, 0.1) is 37.5 Å². The number of ether oxygens (including phenoxy) is 8. The first kappa shape index (κ1) is 42.5. The molecule has 2 heterocycles. The number of benzene rings is 4. The number of terminal acetylenes is 2. The summed E-state index contributed by atoms with van der Waals surface area (Å²) in [4.78, 5) is 17.5. The van der Waals surface area contributed by atoms with Crippen molar-refractivity contribution in [2.75, 3.05) is 91.9 Å². The summed E-state index contributed by atoms with van der Waals surface area (Å²) < 4.78 is 43.6. The van der Waals surface area contributed by atoms with Gasteiger partial charge in [-0.3, -0.25) is 0 Å². The summed E-state index contributed by atoms with van der Waals surface area (Å²) in [5.74, 6) is 8.89. The van der Waals surface area contributed by atoms with E-state index < -0.39 is 0 Å². The van der Waals surface area contributed by atoms with Gasteiger partial charge in [0.25, 0.3) is 0 Å². The molecule has 0 spiro atoms. The first-order valence-corrected chi connectivity index (χ1v) is 18.2. The normalized spacial score (nSPS) is 10.5. The van der Waals surface area contributed by atoms with Gasteiger partial charge in [0.15, 0.2) is 23.0 Å². The molecular weight excluding hydrogens is 741 g/mol. The number of nitrogens with zero attached hydrogens (tertiary/aromatic N) is 4. The summed E-state index contributed by atoms with van der Waals surface area (Å²) in [6.07, 6.45) is 14.0. The molecule has 0 bridgehead atoms. The molecule has 0 unspecified atom stereocenters. The van der Waals surface area contributed by atoms with E-state index in [9.17, 15) is 0 Å². The predicted molar refractivity (Wildman–Crippen MR) is 224 cm³/mol. The van der Waals surface area contributed by atoms with Gasteiger partial charge in [0.1, 0.15) is 50.7 Å². The van der Waals surface area contributed by atoms with E-state index in [4.69, 9.17) is 50.7 Å². The predicted octanol–water partition coefficient (Wildman–Crippen LogP) is 6.81. The van der Waals surface area contributed by atoms with Crippen molar-refractivity contribution in [2.24, 2.45) is 0 Å². The number of anilines is 4. The highest BCUT2D eigenvalue weighted by molar-refractivity contribution is 5.94. The highest BCUT2D eigenvalue weighted by Gasteiger charge is 2.15. The number of fused-ring (bicyclic) bond motifs is 2. The van der Waals surface area contributed by atoms with Crippen molar-refractivity contribution in [3.63, 3.8) is 0 Å². The second kappa shape index (κ2) is 22.8. The summed E-state index contributed by atoms with van der Waals surface area (Å²) in [7, 11) is 6.50. The average molecular weight is 787 g/mol. The van der Waals surface area contributed by atoms with Gasteiger partial charge in [0.2, 0.25) is 0 Å². The largest absolute Gasteiger partial charge is 0.487 e. The molecule has 0 amide bonds. The van der Waals surface area contributed by atoms with Gasteiger partial charge in [-0.2, -0.15) is 0 Å². The standard InChI is InChI=1S/2C22H23N3O4/c2*1-4-16-6-5-7-17(12-16)25-22-18-13-20(28-10-8-26-2)21(29-11-9-27-3)14-19(18)23-15-24-22/h2*1,5-7,12-15H,8-11H2,2-3H3,(H,23,24,25). The Morgan fingerprint density at radius 2 is 0.828 bits per heavy atom. The molecule has 58 heavy (non-hydrogen) atoms. The Morgan fingerprint density at radius 1 is 0.466 bits per heavy atom. The smallest absolute Gasteiger partial charge is 0.163 e. The lowest BCUT2D eigenvalue weighted by Gasteiger charge is -2.15. The van der Waals surface area contributed by atoms with Crippen LogP contribution in [0.4, 0.5) is 23.0 Å². The Labute approximate surface area is 338 Å². The first-order chi connectivity index (χ1) is 28.5. The summed E-state index contributed by atoms with van der Waals surface area (Å²) in [5, 5.41) is 8.19. The molecule has 6 aromatic rings. The van der Waals surface area contributed by atoms with Crippen molar-refractivity contribution in [1.29, 1.82) is 0 Å². The summed E-state index contributed by atoms with van der Waals surface area (Å²) in [5.41, 5.74) is 4.69. The maximum absolute atomic E-state index is 5.86. The van der Waals surface area contributed by atoms with Crippen LogP contribution in [0, 0.1) is 24.7 Å². The average Bonchev–Trinajstić information content (AvgIpc) is 3.25. The van der Waals surface area contributed by atoms with E-state index in [0.29, 0.717) is 87.5 Å². The molecular formula is C44H46N6O8. The lowest BCUT2D eigenvalue weighted by molar-refractivity contribution is 0.132. The van der Waals surface area contributed by atoms with Gasteiger partial charge in [-0.15, -0.1) is 12.8 Å². The van der Waals surface area contributed by atoms with Crippen molar-refractivity contribution in [3.05, 3.63) is 96.6 Å². The van der Waals surface area contributed by atoms with Gasteiger partial charge >= 0.3 is 0 Å². The van der Waals surface area contributed by atoms with Gasteiger partial charge in [0, 0.05) is 73.8 Å². The van der Waals surface area contributed by atoms with Crippen LogP contribution in [0.1, 0.15) is 11.1 Å².